The summed E-state index contributed by atoms with van der Waals surface area (Å²) in [5.41, 5.74) is 4.01. The second-order valence-corrected chi connectivity index (χ2v) is 3.95. The fraction of sp³-hybridized carbons (Fsp3) is 0.143. The van der Waals surface area contributed by atoms with Gasteiger partial charge in [0.1, 0.15) is 11.5 Å². The largest absolute Gasteiger partial charge is 0.508 e. The minimum atomic E-state index is 0.249. The van der Waals surface area contributed by atoms with E-state index in [-0.39, 0.29) is 5.75 Å². The maximum atomic E-state index is 9.69. The Kier molecular flexibility index (Phi) is 2.57. The van der Waals surface area contributed by atoms with E-state index in [9.17, 15) is 10.2 Å². The van der Waals surface area contributed by atoms with Crippen molar-refractivity contribution in [1.29, 1.82) is 0 Å². The smallest absolute Gasteiger partial charge is 0.119 e. The van der Waals surface area contributed by atoms with Crippen LogP contribution < -0.4 is 0 Å². The van der Waals surface area contributed by atoms with E-state index in [0.717, 1.165) is 22.3 Å². The number of aromatic hydroxyl groups is 2. The van der Waals surface area contributed by atoms with Gasteiger partial charge in [-0.05, 0) is 54.3 Å². The summed E-state index contributed by atoms with van der Waals surface area (Å²) in [7, 11) is 0. The van der Waals surface area contributed by atoms with E-state index in [2.05, 4.69) is 0 Å². The predicted octanol–water partition coefficient (Wildman–Crippen LogP) is 3.38. The molecule has 2 aromatic carbocycles. The van der Waals surface area contributed by atoms with Crippen molar-refractivity contribution in [2.75, 3.05) is 0 Å². The van der Waals surface area contributed by atoms with Gasteiger partial charge in [-0.3, -0.25) is 0 Å². The van der Waals surface area contributed by atoms with Crippen LogP contribution in [0.2, 0.25) is 0 Å². The molecule has 0 aromatic heterocycles. The first-order valence-corrected chi connectivity index (χ1v) is 5.18. The molecule has 0 fully saturated rings. The molecule has 0 atom stereocenters. The number of benzene rings is 2. The van der Waals surface area contributed by atoms with Gasteiger partial charge >= 0.3 is 0 Å². The standard InChI is InChI=1S/C14H14O2/c1-9-3-8-13(16)10(2)14(9)11-4-6-12(15)7-5-11/h3-8,15-16H,1-2H3. The van der Waals surface area contributed by atoms with Crippen LogP contribution in [0.5, 0.6) is 11.5 Å². The number of aryl methyl sites for hydroxylation is 1. The molecular weight excluding hydrogens is 200 g/mol. The quantitative estimate of drug-likeness (QED) is 0.764. The van der Waals surface area contributed by atoms with Gasteiger partial charge in [0.2, 0.25) is 0 Å². The summed E-state index contributed by atoms with van der Waals surface area (Å²) >= 11 is 0. The van der Waals surface area contributed by atoms with Crippen molar-refractivity contribution in [1.82, 2.24) is 0 Å². The first-order valence-electron chi connectivity index (χ1n) is 5.18. The zero-order chi connectivity index (χ0) is 11.7. The Hall–Kier alpha value is -1.96. The first kappa shape index (κ1) is 10.6. The normalized spacial score (nSPS) is 10.4. The summed E-state index contributed by atoms with van der Waals surface area (Å²) in [6.45, 7) is 3.90. The van der Waals surface area contributed by atoms with Crippen LogP contribution in [0.15, 0.2) is 36.4 Å². The minimum Gasteiger partial charge on any atom is -0.508 e. The lowest BCUT2D eigenvalue weighted by Gasteiger charge is -2.11. The van der Waals surface area contributed by atoms with Crippen LogP contribution in [0.3, 0.4) is 0 Å². The minimum absolute atomic E-state index is 0.249. The van der Waals surface area contributed by atoms with Gasteiger partial charge in [0.15, 0.2) is 0 Å². The van der Waals surface area contributed by atoms with Crippen molar-refractivity contribution in [2.24, 2.45) is 0 Å². The second kappa shape index (κ2) is 3.89. The van der Waals surface area contributed by atoms with E-state index in [1.807, 2.05) is 32.0 Å². The van der Waals surface area contributed by atoms with E-state index in [1.54, 1.807) is 18.2 Å². The number of rotatable bonds is 1. The topological polar surface area (TPSA) is 40.5 Å². The monoisotopic (exact) mass is 214 g/mol. The molecule has 0 aliphatic heterocycles. The summed E-state index contributed by atoms with van der Waals surface area (Å²) < 4.78 is 0. The van der Waals surface area contributed by atoms with Crippen LogP contribution >= 0.6 is 0 Å². The summed E-state index contributed by atoms with van der Waals surface area (Å²) in [6, 6.07) is 10.6. The molecule has 0 aliphatic rings. The third-order valence-corrected chi connectivity index (χ3v) is 2.80. The summed E-state index contributed by atoms with van der Waals surface area (Å²) in [5.74, 6) is 0.549. The highest BCUT2D eigenvalue weighted by atomic mass is 16.3. The van der Waals surface area contributed by atoms with Gasteiger partial charge in [0.25, 0.3) is 0 Å². The Morgan fingerprint density at radius 1 is 0.812 bits per heavy atom. The Bertz CT molecular complexity index is 513. The molecule has 16 heavy (non-hydrogen) atoms. The van der Waals surface area contributed by atoms with Crippen LogP contribution in [0.1, 0.15) is 11.1 Å². The molecule has 0 spiro atoms. The van der Waals surface area contributed by atoms with Crippen LogP contribution in [0.4, 0.5) is 0 Å². The summed E-state index contributed by atoms with van der Waals surface area (Å²) in [4.78, 5) is 0. The third-order valence-electron chi connectivity index (χ3n) is 2.80. The van der Waals surface area contributed by atoms with Crippen LogP contribution in [0.25, 0.3) is 11.1 Å². The van der Waals surface area contributed by atoms with Gasteiger partial charge in [-0.25, -0.2) is 0 Å². The van der Waals surface area contributed by atoms with Crippen LogP contribution in [0, 0.1) is 13.8 Å². The summed E-state index contributed by atoms with van der Waals surface area (Å²) in [5, 5.41) is 18.9. The number of hydrogen-bond donors (Lipinski definition) is 2. The van der Waals surface area contributed by atoms with E-state index >= 15 is 0 Å². The molecule has 0 aliphatic carbocycles. The van der Waals surface area contributed by atoms with Crippen molar-refractivity contribution in [2.45, 2.75) is 13.8 Å². The van der Waals surface area contributed by atoms with Crippen molar-refractivity contribution in [3.8, 4) is 22.6 Å². The van der Waals surface area contributed by atoms with Gasteiger partial charge < -0.3 is 10.2 Å². The Morgan fingerprint density at radius 3 is 2.06 bits per heavy atom. The molecule has 0 saturated carbocycles. The molecule has 0 heterocycles. The fourth-order valence-electron chi connectivity index (χ4n) is 1.91. The predicted molar refractivity (Wildman–Crippen MR) is 64.7 cm³/mol. The zero-order valence-electron chi connectivity index (χ0n) is 9.36. The molecule has 0 radical (unpaired) electrons. The van der Waals surface area contributed by atoms with Crippen LogP contribution in [-0.4, -0.2) is 10.2 Å². The molecule has 0 amide bonds. The molecule has 2 aromatic rings. The van der Waals surface area contributed by atoms with Gasteiger partial charge in [-0.15, -0.1) is 0 Å². The Morgan fingerprint density at radius 2 is 1.44 bits per heavy atom. The fourth-order valence-corrected chi connectivity index (χ4v) is 1.91. The molecule has 0 unspecified atom stereocenters. The second-order valence-electron chi connectivity index (χ2n) is 3.95. The van der Waals surface area contributed by atoms with Crippen molar-refractivity contribution >= 4 is 0 Å². The van der Waals surface area contributed by atoms with Gasteiger partial charge in [0.05, 0.1) is 0 Å². The van der Waals surface area contributed by atoms with Crippen molar-refractivity contribution < 1.29 is 10.2 Å². The first-order chi connectivity index (χ1) is 7.59. The Labute approximate surface area is 94.8 Å². The average Bonchev–Trinajstić information content (AvgIpc) is 2.27. The van der Waals surface area contributed by atoms with E-state index in [0.29, 0.717) is 5.75 Å². The molecule has 82 valence electrons. The van der Waals surface area contributed by atoms with E-state index in [1.165, 1.54) is 0 Å². The van der Waals surface area contributed by atoms with Crippen molar-refractivity contribution in [3.05, 3.63) is 47.5 Å². The van der Waals surface area contributed by atoms with Gasteiger partial charge in [0, 0.05) is 0 Å². The zero-order valence-corrected chi connectivity index (χ0v) is 9.36. The lowest BCUT2D eigenvalue weighted by Crippen LogP contribution is -1.88. The number of phenols is 2. The summed E-state index contributed by atoms with van der Waals surface area (Å²) in [6.07, 6.45) is 0. The maximum Gasteiger partial charge on any atom is 0.119 e. The van der Waals surface area contributed by atoms with Crippen LogP contribution in [-0.2, 0) is 0 Å². The third kappa shape index (κ3) is 1.74. The molecule has 2 rings (SSSR count). The lowest BCUT2D eigenvalue weighted by atomic mass is 9.95. The highest BCUT2D eigenvalue weighted by molar-refractivity contribution is 5.73. The molecule has 2 heteroatoms. The highest BCUT2D eigenvalue weighted by Gasteiger charge is 2.08. The SMILES string of the molecule is Cc1ccc(O)c(C)c1-c1ccc(O)cc1. The van der Waals surface area contributed by atoms with Gasteiger partial charge in [-0.1, -0.05) is 18.2 Å². The molecular formula is C14H14O2. The molecule has 2 nitrogen and oxygen atoms in total. The van der Waals surface area contributed by atoms with Crippen molar-refractivity contribution in [3.63, 3.8) is 0 Å². The van der Waals surface area contributed by atoms with Gasteiger partial charge in [-0.2, -0.15) is 0 Å². The average molecular weight is 214 g/mol. The maximum absolute atomic E-state index is 9.69. The van der Waals surface area contributed by atoms with E-state index in [4.69, 9.17) is 0 Å². The molecule has 2 N–H and O–H groups in total. The Balaban J connectivity index is 2.63. The lowest BCUT2D eigenvalue weighted by molar-refractivity contribution is 0.471. The number of phenolic OH excluding ortho intramolecular Hbond substituents is 2. The highest BCUT2D eigenvalue weighted by Crippen LogP contribution is 2.32. The van der Waals surface area contributed by atoms with E-state index < -0.39 is 0 Å². The molecule has 0 bridgehead atoms. The molecule has 0 saturated heterocycles. The number of hydrogen-bond acceptors (Lipinski definition) is 2.